The molecule has 0 aromatic carbocycles. The van der Waals surface area contributed by atoms with E-state index in [9.17, 15) is 10.1 Å². The molecule has 3 rings (SSSR count). The number of pyridine rings is 1. The van der Waals surface area contributed by atoms with Crippen molar-refractivity contribution in [3.05, 3.63) is 59.6 Å². The normalized spacial score (nSPS) is 15.1. The summed E-state index contributed by atoms with van der Waals surface area (Å²) in [4.78, 5) is 21.7. The second-order valence-corrected chi connectivity index (χ2v) is 7.21. The summed E-state index contributed by atoms with van der Waals surface area (Å²) in [5.74, 6) is 0.901. The molecular weight excluding hydrogens is 350 g/mol. The molecule has 0 saturated carbocycles. The van der Waals surface area contributed by atoms with Crippen LogP contribution in [0.2, 0.25) is 0 Å². The Hall–Kier alpha value is -2.91. The third-order valence-corrected chi connectivity index (χ3v) is 5.35. The Labute approximate surface area is 166 Å². The van der Waals surface area contributed by atoms with Gasteiger partial charge in [-0.3, -0.25) is 9.69 Å². The van der Waals surface area contributed by atoms with Crippen molar-refractivity contribution >= 4 is 11.6 Å². The Kier molecular flexibility index (Phi) is 6.27. The minimum atomic E-state index is 0.160. The SMILES string of the molecule is C=CCn1c(C)cc(C(=O)CN2CCCN(c3ncccc3C#N)CC2)c1C. The van der Waals surface area contributed by atoms with Crippen molar-refractivity contribution in [1.82, 2.24) is 14.5 Å². The summed E-state index contributed by atoms with van der Waals surface area (Å²) in [6.45, 7) is 12.2. The Morgan fingerprint density at radius 2 is 2.14 bits per heavy atom. The number of rotatable bonds is 6. The predicted molar refractivity (Wildman–Crippen MR) is 111 cm³/mol. The van der Waals surface area contributed by atoms with Crippen LogP contribution in [0, 0.1) is 25.2 Å². The number of allylic oxidation sites excluding steroid dienone is 1. The number of Topliss-reactive ketones (excluding diaryl/α,β-unsaturated/α-hetero) is 1. The Morgan fingerprint density at radius 3 is 2.89 bits per heavy atom. The molecule has 2 aromatic rings. The number of hydrogen-bond acceptors (Lipinski definition) is 5. The summed E-state index contributed by atoms with van der Waals surface area (Å²) in [7, 11) is 0. The van der Waals surface area contributed by atoms with Crippen molar-refractivity contribution in [2.75, 3.05) is 37.6 Å². The lowest BCUT2D eigenvalue weighted by Gasteiger charge is -2.23. The highest BCUT2D eigenvalue weighted by molar-refractivity contribution is 5.99. The molecule has 1 fully saturated rings. The van der Waals surface area contributed by atoms with Crippen LogP contribution in [0.1, 0.15) is 33.7 Å². The van der Waals surface area contributed by atoms with E-state index in [1.807, 2.05) is 26.0 Å². The van der Waals surface area contributed by atoms with Crippen molar-refractivity contribution < 1.29 is 4.79 Å². The zero-order chi connectivity index (χ0) is 20.1. The van der Waals surface area contributed by atoms with Gasteiger partial charge in [0, 0.05) is 55.9 Å². The first-order valence-corrected chi connectivity index (χ1v) is 9.68. The van der Waals surface area contributed by atoms with Crippen LogP contribution < -0.4 is 4.90 Å². The Balaban J connectivity index is 1.67. The fourth-order valence-corrected chi connectivity index (χ4v) is 3.86. The molecule has 0 amide bonds. The van der Waals surface area contributed by atoms with Gasteiger partial charge in [-0.15, -0.1) is 6.58 Å². The fraction of sp³-hybridized carbons (Fsp3) is 0.409. The average molecular weight is 377 g/mol. The van der Waals surface area contributed by atoms with Gasteiger partial charge in [0.2, 0.25) is 0 Å². The molecular formula is C22H27N5O. The molecule has 1 aliphatic heterocycles. The molecule has 2 aromatic heterocycles. The lowest BCUT2D eigenvalue weighted by Crippen LogP contribution is -2.34. The quantitative estimate of drug-likeness (QED) is 0.572. The standard InChI is InChI=1S/C22H27N5O/c1-4-9-27-17(2)14-20(18(27)3)21(28)16-25-10-6-11-26(13-12-25)22-19(15-23)7-5-8-24-22/h4-5,7-8,14H,1,6,9-13,16H2,2-3H3. The molecule has 0 spiro atoms. The first kappa shape index (κ1) is 19.8. The molecule has 146 valence electrons. The second-order valence-electron chi connectivity index (χ2n) is 7.21. The number of carbonyl (C=O) groups excluding carboxylic acids is 1. The highest BCUT2D eigenvalue weighted by atomic mass is 16.1. The van der Waals surface area contributed by atoms with Crippen LogP contribution in [-0.2, 0) is 6.54 Å². The molecule has 6 heteroatoms. The summed E-state index contributed by atoms with van der Waals surface area (Å²) >= 11 is 0. The topological polar surface area (TPSA) is 65.2 Å². The molecule has 3 heterocycles. The van der Waals surface area contributed by atoms with E-state index in [2.05, 4.69) is 32.0 Å². The van der Waals surface area contributed by atoms with Gasteiger partial charge in [0.05, 0.1) is 12.1 Å². The largest absolute Gasteiger partial charge is 0.354 e. The Morgan fingerprint density at radius 1 is 1.32 bits per heavy atom. The maximum Gasteiger partial charge on any atom is 0.178 e. The molecule has 6 nitrogen and oxygen atoms in total. The number of carbonyl (C=O) groups is 1. The number of aromatic nitrogens is 2. The van der Waals surface area contributed by atoms with Crippen molar-refractivity contribution in [1.29, 1.82) is 5.26 Å². The third-order valence-electron chi connectivity index (χ3n) is 5.35. The predicted octanol–water partition coefficient (Wildman–Crippen LogP) is 2.95. The van der Waals surface area contributed by atoms with Gasteiger partial charge in [-0.1, -0.05) is 6.08 Å². The van der Waals surface area contributed by atoms with Gasteiger partial charge in [0.1, 0.15) is 11.9 Å². The van der Waals surface area contributed by atoms with Crippen LogP contribution in [0.25, 0.3) is 0 Å². The summed E-state index contributed by atoms with van der Waals surface area (Å²) in [5.41, 5.74) is 3.49. The zero-order valence-electron chi connectivity index (χ0n) is 16.7. The zero-order valence-corrected chi connectivity index (χ0v) is 16.7. The lowest BCUT2D eigenvalue weighted by molar-refractivity contribution is 0.0934. The molecule has 28 heavy (non-hydrogen) atoms. The van der Waals surface area contributed by atoms with E-state index in [0.29, 0.717) is 12.1 Å². The summed E-state index contributed by atoms with van der Waals surface area (Å²) in [6.07, 6.45) is 4.51. The van der Waals surface area contributed by atoms with Crippen LogP contribution in [0.3, 0.4) is 0 Å². The Bertz CT molecular complexity index is 908. The summed E-state index contributed by atoms with van der Waals surface area (Å²) in [5, 5.41) is 9.33. The second kappa shape index (κ2) is 8.85. The number of nitrogens with zero attached hydrogens (tertiary/aromatic N) is 5. The van der Waals surface area contributed by atoms with E-state index in [4.69, 9.17) is 0 Å². The van der Waals surface area contributed by atoms with Gasteiger partial charge in [0.15, 0.2) is 5.78 Å². The van der Waals surface area contributed by atoms with Crippen LogP contribution in [-0.4, -0.2) is 53.0 Å². The minimum absolute atomic E-state index is 0.160. The maximum absolute atomic E-state index is 12.9. The number of anilines is 1. The molecule has 0 aliphatic carbocycles. The fourth-order valence-electron chi connectivity index (χ4n) is 3.86. The van der Waals surface area contributed by atoms with Crippen LogP contribution >= 0.6 is 0 Å². The molecule has 1 aliphatic rings. The summed E-state index contributed by atoms with van der Waals surface area (Å²) < 4.78 is 2.12. The van der Waals surface area contributed by atoms with Crippen LogP contribution in [0.4, 0.5) is 5.82 Å². The van der Waals surface area contributed by atoms with E-state index in [1.54, 1.807) is 18.3 Å². The first-order chi connectivity index (χ1) is 13.5. The molecule has 0 radical (unpaired) electrons. The van der Waals surface area contributed by atoms with E-state index in [0.717, 1.165) is 61.9 Å². The van der Waals surface area contributed by atoms with Crippen molar-refractivity contribution in [3.63, 3.8) is 0 Å². The maximum atomic E-state index is 12.9. The number of ketones is 1. The van der Waals surface area contributed by atoms with Gasteiger partial charge in [-0.25, -0.2) is 4.98 Å². The number of nitriles is 1. The monoisotopic (exact) mass is 377 g/mol. The van der Waals surface area contributed by atoms with Crippen LogP contribution in [0.15, 0.2) is 37.1 Å². The highest BCUT2D eigenvalue weighted by Crippen LogP contribution is 2.19. The first-order valence-electron chi connectivity index (χ1n) is 9.68. The van der Waals surface area contributed by atoms with E-state index >= 15 is 0 Å². The third kappa shape index (κ3) is 4.15. The smallest absolute Gasteiger partial charge is 0.178 e. The lowest BCUT2D eigenvalue weighted by atomic mass is 10.1. The minimum Gasteiger partial charge on any atom is -0.354 e. The van der Waals surface area contributed by atoms with Gasteiger partial charge in [-0.2, -0.15) is 5.26 Å². The molecule has 1 saturated heterocycles. The molecule has 0 bridgehead atoms. The number of aryl methyl sites for hydroxylation is 1. The van der Waals surface area contributed by atoms with Gasteiger partial charge >= 0.3 is 0 Å². The van der Waals surface area contributed by atoms with Gasteiger partial charge in [-0.05, 0) is 38.5 Å². The number of hydrogen-bond donors (Lipinski definition) is 0. The summed E-state index contributed by atoms with van der Waals surface area (Å²) in [6, 6.07) is 7.79. The van der Waals surface area contributed by atoms with E-state index in [1.165, 1.54) is 0 Å². The van der Waals surface area contributed by atoms with E-state index < -0.39 is 0 Å². The van der Waals surface area contributed by atoms with Crippen molar-refractivity contribution in [2.24, 2.45) is 0 Å². The van der Waals surface area contributed by atoms with Crippen molar-refractivity contribution in [3.8, 4) is 6.07 Å². The molecule has 0 unspecified atom stereocenters. The van der Waals surface area contributed by atoms with Crippen molar-refractivity contribution in [2.45, 2.75) is 26.8 Å². The van der Waals surface area contributed by atoms with Crippen LogP contribution in [0.5, 0.6) is 0 Å². The van der Waals surface area contributed by atoms with Gasteiger partial charge < -0.3 is 9.47 Å². The molecule has 0 atom stereocenters. The van der Waals surface area contributed by atoms with Gasteiger partial charge in [0.25, 0.3) is 0 Å². The molecule has 0 N–H and O–H groups in total. The van der Waals surface area contributed by atoms with E-state index in [-0.39, 0.29) is 5.78 Å². The highest BCUT2D eigenvalue weighted by Gasteiger charge is 2.22. The average Bonchev–Trinajstić information content (AvgIpc) is 2.87.